The predicted octanol–water partition coefficient (Wildman–Crippen LogP) is 5.73. The Kier molecular flexibility index (Phi) is 9.84. The zero-order valence-electron chi connectivity index (χ0n) is 14.8. The third-order valence-electron chi connectivity index (χ3n) is 3.72. The summed E-state index contributed by atoms with van der Waals surface area (Å²) in [7, 11) is -1.68. The monoisotopic (exact) mass is 332 g/mol. The number of allylic oxidation sites excluding steroid dienone is 2. The number of hydrogen-bond acceptors (Lipinski definition) is 2. The topological polar surface area (TPSA) is 18.5 Å². The van der Waals surface area contributed by atoms with Gasteiger partial charge in [-0.3, -0.25) is 0 Å². The molecule has 128 valence electrons. The van der Waals surface area contributed by atoms with Gasteiger partial charge in [0.25, 0.3) is 0 Å². The summed E-state index contributed by atoms with van der Waals surface area (Å²) in [6.07, 6.45) is 8.60. The molecule has 0 heterocycles. The van der Waals surface area contributed by atoms with Gasteiger partial charge in [-0.1, -0.05) is 48.9 Å². The third-order valence-corrected chi connectivity index (χ3v) is 5.96. The largest absolute Gasteiger partial charge is 0.412 e. The van der Waals surface area contributed by atoms with Gasteiger partial charge < -0.3 is 9.16 Å². The van der Waals surface area contributed by atoms with Gasteiger partial charge in [0.05, 0.1) is 19.3 Å². The quantitative estimate of drug-likeness (QED) is 0.261. The Bertz CT molecular complexity index is 442. The van der Waals surface area contributed by atoms with Gasteiger partial charge >= 0.3 is 0 Å². The Morgan fingerprint density at radius 3 is 2.48 bits per heavy atom. The van der Waals surface area contributed by atoms with E-state index in [0.29, 0.717) is 13.2 Å². The lowest BCUT2D eigenvalue weighted by Crippen LogP contribution is -2.37. The molecule has 2 nitrogen and oxygen atoms in total. The molecule has 3 heteroatoms. The summed E-state index contributed by atoms with van der Waals surface area (Å²) in [6, 6.07) is 11.3. The molecule has 0 saturated heterocycles. The Morgan fingerprint density at radius 2 is 1.83 bits per heavy atom. The van der Waals surface area contributed by atoms with Crippen molar-refractivity contribution in [1.82, 2.24) is 0 Å². The van der Waals surface area contributed by atoms with E-state index in [-0.39, 0.29) is 6.10 Å². The summed E-state index contributed by atoms with van der Waals surface area (Å²) in [6.45, 7) is 13.5. The van der Waals surface area contributed by atoms with E-state index in [1.165, 1.54) is 12.0 Å². The van der Waals surface area contributed by atoms with E-state index in [4.69, 9.17) is 9.16 Å². The van der Waals surface area contributed by atoms with Gasteiger partial charge in [-0.2, -0.15) is 0 Å². The Labute approximate surface area is 143 Å². The second kappa shape index (κ2) is 11.4. The first kappa shape index (κ1) is 19.9. The highest BCUT2D eigenvalue weighted by Crippen LogP contribution is 2.18. The molecule has 0 aromatic heterocycles. The first-order valence-corrected chi connectivity index (χ1v) is 11.7. The van der Waals surface area contributed by atoms with Crippen molar-refractivity contribution in [1.29, 1.82) is 0 Å². The van der Waals surface area contributed by atoms with Gasteiger partial charge in [0.15, 0.2) is 8.32 Å². The van der Waals surface area contributed by atoms with Crippen molar-refractivity contribution in [2.75, 3.05) is 6.61 Å². The van der Waals surface area contributed by atoms with Crippen LogP contribution in [0.4, 0.5) is 0 Å². The summed E-state index contributed by atoms with van der Waals surface area (Å²) in [5, 5.41) is 0. The number of benzene rings is 1. The van der Waals surface area contributed by atoms with Gasteiger partial charge in [-0.05, 0) is 44.0 Å². The van der Waals surface area contributed by atoms with Crippen LogP contribution in [0.3, 0.4) is 0 Å². The fraction of sp³-hybridized carbons (Fsp3) is 0.500. The summed E-state index contributed by atoms with van der Waals surface area (Å²) >= 11 is 0. The highest BCUT2D eigenvalue weighted by Gasteiger charge is 2.25. The van der Waals surface area contributed by atoms with Crippen LogP contribution in [0.1, 0.15) is 31.2 Å². The molecule has 1 rings (SSSR count). The molecule has 0 radical (unpaired) electrons. The molecule has 0 saturated carbocycles. The Hall–Kier alpha value is -1.16. The van der Waals surface area contributed by atoms with Crippen LogP contribution in [-0.4, -0.2) is 21.0 Å². The minimum Gasteiger partial charge on any atom is -0.412 e. The van der Waals surface area contributed by atoms with Gasteiger partial charge in [0.1, 0.15) is 0 Å². The van der Waals surface area contributed by atoms with Crippen LogP contribution in [-0.2, 0) is 15.8 Å². The molecular formula is C20H32O2Si. The molecule has 1 atom stereocenters. The van der Waals surface area contributed by atoms with E-state index in [9.17, 15) is 0 Å². The molecule has 0 fully saturated rings. The lowest BCUT2D eigenvalue weighted by atomic mass is 10.1. The number of hydrogen-bond donors (Lipinski definition) is 0. The van der Waals surface area contributed by atoms with Crippen LogP contribution in [0.2, 0.25) is 19.1 Å². The van der Waals surface area contributed by atoms with E-state index < -0.39 is 8.32 Å². The van der Waals surface area contributed by atoms with Gasteiger partial charge in [0, 0.05) is 0 Å². The lowest BCUT2D eigenvalue weighted by molar-refractivity contribution is 0.0322. The molecule has 0 aliphatic heterocycles. The molecule has 0 amide bonds. The zero-order chi connectivity index (χ0) is 17.0. The van der Waals surface area contributed by atoms with Gasteiger partial charge in [-0.15, -0.1) is 13.2 Å². The lowest BCUT2D eigenvalue weighted by Gasteiger charge is -2.28. The van der Waals surface area contributed by atoms with Crippen molar-refractivity contribution in [3.05, 3.63) is 61.2 Å². The molecule has 23 heavy (non-hydrogen) atoms. The van der Waals surface area contributed by atoms with Crippen molar-refractivity contribution in [2.24, 2.45) is 0 Å². The van der Waals surface area contributed by atoms with Crippen LogP contribution >= 0.6 is 0 Å². The first-order chi connectivity index (χ1) is 11.1. The maximum absolute atomic E-state index is 6.41. The second-order valence-electron chi connectivity index (χ2n) is 6.57. The van der Waals surface area contributed by atoms with E-state index in [1.54, 1.807) is 0 Å². The average molecular weight is 333 g/mol. The third kappa shape index (κ3) is 9.54. The van der Waals surface area contributed by atoms with Crippen LogP contribution in [0.5, 0.6) is 0 Å². The van der Waals surface area contributed by atoms with Gasteiger partial charge in [-0.25, -0.2) is 0 Å². The van der Waals surface area contributed by atoms with Crippen LogP contribution < -0.4 is 0 Å². The molecule has 0 spiro atoms. The van der Waals surface area contributed by atoms with E-state index in [2.05, 4.69) is 38.4 Å². The minimum absolute atomic E-state index is 0.185. The van der Waals surface area contributed by atoms with Crippen LogP contribution in [0.15, 0.2) is 55.6 Å². The van der Waals surface area contributed by atoms with Crippen molar-refractivity contribution in [3.8, 4) is 0 Å². The van der Waals surface area contributed by atoms with Crippen LogP contribution in [0, 0.1) is 0 Å². The maximum Gasteiger partial charge on any atom is 0.190 e. The maximum atomic E-state index is 6.41. The number of rotatable bonds is 13. The van der Waals surface area contributed by atoms with Crippen molar-refractivity contribution in [3.63, 3.8) is 0 Å². The number of ether oxygens (including phenoxy) is 1. The Balaban J connectivity index is 2.45. The summed E-state index contributed by atoms with van der Waals surface area (Å²) < 4.78 is 12.3. The van der Waals surface area contributed by atoms with Crippen LogP contribution in [0.25, 0.3) is 0 Å². The molecule has 0 aliphatic rings. The van der Waals surface area contributed by atoms with Crippen molar-refractivity contribution in [2.45, 2.75) is 57.5 Å². The normalized spacial score (nSPS) is 12.8. The summed E-state index contributed by atoms with van der Waals surface area (Å²) in [5.41, 5.74) is 1.21. The molecule has 0 bridgehead atoms. The first-order valence-electron chi connectivity index (χ1n) is 8.58. The summed E-state index contributed by atoms with van der Waals surface area (Å²) in [5.74, 6) is 0. The predicted molar refractivity (Wildman–Crippen MR) is 102 cm³/mol. The van der Waals surface area contributed by atoms with Crippen molar-refractivity contribution >= 4 is 8.32 Å². The minimum atomic E-state index is -1.68. The summed E-state index contributed by atoms with van der Waals surface area (Å²) in [4.78, 5) is 0. The van der Waals surface area contributed by atoms with E-state index in [1.807, 2.05) is 30.4 Å². The van der Waals surface area contributed by atoms with E-state index >= 15 is 0 Å². The average Bonchev–Trinajstić information content (AvgIpc) is 2.52. The number of unbranched alkanes of at least 4 members (excludes halogenated alkanes) is 2. The van der Waals surface area contributed by atoms with Crippen molar-refractivity contribution < 1.29 is 9.16 Å². The molecule has 1 unspecified atom stereocenters. The standard InChI is InChI=1S/C20H32O2Si/c1-5-7-8-12-15-20(22-23(3,4)16-6-2)18-21-17-19-13-10-9-11-14-19/h5-6,9-11,13-14,20H,1-2,7-8,12,15-18H2,3-4H3. The molecule has 1 aromatic rings. The fourth-order valence-electron chi connectivity index (χ4n) is 2.57. The van der Waals surface area contributed by atoms with Gasteiger partial charge in [0.2, 0.25) is 0 Å². The smallest absolute Gasteiger partial charge is 0.190 e. The molecule has 0 N–H and O–H groups in total. The SMILES string of the molecule is C=CCCCCC(COCc1ccccc1)O[Si](C)(C)CC=C. The van der Waals surface area contributed by atoms with E-state index in [0.717, 1.165) is 25.3 Å². The highest BCUT2D eigenvalue weighted by atomic mass is 28.4. The highest BCUT2D eigenvalue weighted by molar-refractivity contribution is 6.71. The molecule has 1 aromatic carbocycles. The molecule has 0 aliphatic carbocycles. The second-order valence-corrected chi connectivity index (χ2v) is 10.7. The Morgan fingerprint density at radius 1 is 1.09 bits per heavy atom. The zero-order valence-corrected chi connectivity index (χ0v) is 15.8. The molecular weight excluding hydrogens is 300 g/mol. The fourth-order valence-corrected chi connectivity index (χ4v) is 4.45.